The molecule has 1 aliphatic carbocycles. The third kappa shape index (κ3) is 4.02. The molecular formula is C18H25ClN2O. The third-order valence-corrected chi connectivity index (χ3v) is 5.03. The molecule has 1 saturated carbocycles. The number of carbonyl (C=O) groups excluding carboxylic acids is 1. The summed E-state index contributed by atoms with van der Waals surface area (Å²) in [6.07, 6.45) is 6.04. The molecule has 2 aliphatic rings. The number of hydrogen-bond donors (Lipinski definition) is 0. The number of nitrogens with zero attached hydrogens (tertiary/aromatic N) is 2. The number of alkyl halides is 1. The zero-order chi connectivity index (χ0) is 15.4. The van der Waals surface area contributed by atoms with Gasteiger partial charge in [0.1, 0.15) is 5.88 Å². The van der Waals surface area contributed by atoms with Gasteiger partial charge in [0.25, 0.3) is 0 Å². The van der Waals surface area contributed by atoms with Gasteiger partial charge in [-0.25, -0.2) is 0 Å². The molecule has 0 N–H and O–H groups in total. The van der Waals surface area contributed by atoms with E-state index in [1.807, 2.05) is 4.90 Å². The highest BCUT2D eigenvalue weighted by Gasteiger charge is 2.34. The van der Waals surface area contributed by atoms with Gasteiger partial charge in [0.15, 0.2) is 0 Å². The molecule has 1 aromatic rings. The van der Waals surface area contributed by atoms with Gasteiger partial charge in [-0.3, -0.25) is 9.69 Å². The molecule has 0 radical (unpaired) electrons. The molecule has 2 fully saturated rings. The second-order valence-corrected chi connectivity index (χ2v) is 6.78. The normalized spacial score (nSPS) is 22.1. The lowest BCUT2D eigenvalue weighted by atomic mass is 10.0. The highest BCUT2D eigenvalue weighted by atomic mass is 35.5. The van der Waals surface area contributed by atoms with E-state index in [1.165, 1.54) is 24.8 Å². The molecule has 0 unspecified atom stereocenters. The molecule has 3 nitrogen and oxygen atoms in total. The van der Waals surface area contributed by atoms with Crippen molar-refractivity contribution in [2.45, 2.75) is 50.7 Å². The predicted octanol–water partition coefficient (Wildman–Crippen LogP) is 3.27. The van der Waals surface area contributed by atoms with Crippen molar-refractivity contribution in [3.8, 4) is 0 Å². The van der Waals surface area contributed by atoms with Crippen molar-refractivity contribution in [2.24, 2.45) is 0 Å². The van der Waals surface area contributed by atoms with Gasteiger partial charge >= 0.3 is 0 Å². The number of benzene rings is 1. The van der Waals surface area contributed by atoms with Gasteiger partial charge < -0.3 is 4.90 Å². The summed E-state index contributed by atoms with van der Waals surface area (Å²) in [5.41, 5.74) is 1.36. The van der Waals surface area contributed by atoms with Gasteiger partial charge in [-0.1, -0.05) is 30.3 Å². The fraction of sp³-hybridized carbons (Fsp3) is 0.611. The fourth-order valence-electron chi connectivity index (χ4n) is 3.47. The largest absolute Gasteiger partial charge is 0.337 e. The molecule has 0 spiro atoms. The standard InChI is InChI=1S/C18H25ClN2O/c19-12-18(22)21-11-5-4-8-17(21)14-20(16-9-10-16)13-15-6-2-1-3-7-15/h1-3,6-7,16-17H,4-5,8-14H2/t17-/m1/s1. The van der Waals surface area contributed by atoms with Crippen LogP contribution in [0.2, 0.25) is 0 Å². The Morgan fingerprint density at radius 3 is 2.64 bits per heavy atom. The minimum atomic E-state index is 0.0989. The maximum Gasteiger partial charge on any atom is 0.237 e. The Labute approximate surface area is 138 Å². The van der Waals surface area contributed by atoms with Crippen molar-refractivity contribution in [1.29, 1.82) is 0 Å². The Balaban J connectivity index is 1.65. The number of likely N-dealkylation sites (tertiary alicyclic amines) is 1. The van der Waals surface area contributed by atoms with Gasteiger partial charge in [-0.15, -0.1) is 11.6 Å². The summed E-state index contributed by atoms with van der Waals surface area (Å²) in [4.78, 5) is 16.7. The predicted molar refractivity (Wildman–Crippen MR) is 89.9 cm³/mol. The number of hydrogen-bond acceptors (Lipinski definition) is 2. The van der Waals surface area contributed by atoms with Crippen molar-refractivity contribution in [1.82, 2.24) is 9.80 Å². The number of amides is 1. The van der Waals surface area contributed by atoms with Crippen LogP contribution in [0.5, 0.6) is 0 Å². The average Bonchev–Trinajstić information content (AvgIpc) is 3.40. The molecule has 1 saturated heterocycles. The molecule has 0 bridgehead atoms. The zero-order valence-corrected chi connectivity index (χ0v) is 13.8. The number of rotatable bonds is 6. The van der Waals surface area contributed by atoms with Gasteiger partial charge in [-0.05, 0) is 37.7 Å². The Hall–Kier alpha value is -1.06. The number of carbonyl (C=O) groups is 1. The summed E-state index contributed by atoms with van der Waals surface area (Å²) >= 11 is 5.79. The van der Waals surface area contributed by atoms with E-state index in [-0.39, 0.29) is 11.8 Å². The first kappa shape index (κ1) is 15.8. The van der Waals surface area contributed by atoms with Crippen molar-refractivity contribution < 1.29 is 4.79 Å². The first-order chi connectivity index (χ1) is 10.8. The van der Waals surface area contributed by atoms with Gasteiger partial charge in [-0.2, -0.15) is 0 Å². The lowest BCUT2D eigenvalue weighted by molar-refractivity contribution is -0.132. The minimum Gasteiger partial charge on any atom is -0.337 e. The Morgan fingerprint density at radius 1 is 1.18 bits per heavy atom. The topological polar surface area (TPSA) is 23.6 Å². The smallest absolute Gasteiger partial charge is 0.237 e. The summed E-state index contributed by atoms with van der Waals surface area (Å²) in [5, 5.41) is 0. The number of halogens is 1. The first-order valence-corrected chi connectivity index (χ1v) is 8.95. The molecule has 1 atom stereocenters. The summed E-state index contributed by atoms with van der Waals surface area (Å²) < 4.78 is 0. The van der Waals surface area contributed by atoms with Crippen LogP contribution < -0.4 is 0 Å². The lowest BCUT2D eigenvalue weighted by Crippen LogP contribution is -2.50. The fourth-order valence-corrected chi connectivity index (χ4v) is 3.62. The van der Waals surface area contributed by atoms with Crippen LogP contribution in [0, 0.1) is 0 Å². The van der Waals surface area contributed by atoms with E-state index >= 15 is 0 Å². The Kier molecular flexibility index (Phi) is 5.37. The van der Waals surface area contributed by atoms with E-state index in [0.717, 1.165) is 32.5 Å². The quantitative estimate of drug-likeness (QED) is 0.751. The second kappa shape index (κ2) is 7.47. The van der Waals surface area contributed by atoms with E-state index in [0.29, 0.717) is 12.1 Å². The van der Waals surface area contributed by atoms with Crippen LogP contribution in [0.25, 0.3) is 0 Å². The monoisotopic (exact) mass is 320 g/mol. The third-order valence-electron chi connectivity index (χ3n) is 4.80. The Morgan fingerprint density at radius 2 is 1.95 bits per heavy atom. The SMILES string of the molecule is O=C(CCl)N1CCCC[C@@H]1CN(Cc1ccccc1)C1CC1. The zero-order valence-electron chi connectivity index (χ0n) is 13.1. The number of piperidine rings is 1. The van der Waals surface area contributed by atoms with E-state index in [4.69, 9.17) is 11.6 Å². The van der Waals surface area contributed by atoms with E-state index in [9.17, 15) is 4.79 Å². The maximum absolute atomic E-state index is 12.1. The average molecular weight is 321 g/mol. The minimum absolute atomic E-state index is 0.0989. The molecule has 120 valence electrons. The van der Waals surface area contributed by atoms with Crippen LogP contribution in [-0.4, -0.2) is 46.8 Å². The maximum atomic E-state index is 12.1. The van der Waals surface area contributed by atoms with Crippen LogP contribution in [0.15, 0.2) is 30.3 Å². The molecule has 1 heterocycles. The Bertz CT molecular complexity index is 489. The van der Waals surface area contributed by atoms with E-state index in [1.54, 1.807) is 0 Å². The summed E-state index contributed by atoms with van der Waals surface area (Å²) in [5.74, 6) is 0.209. The first-order valence-electron chi connectivity index (χ1n) is 8.41. The molecule has 1 aromatic carbocycles. The van der Waals surface area contributed by atoms with Crippen LogP contribution in [-0.2, 0) is 11.3 Å². The van der Waals surface area contributed by atoms with Gasteiger partial charge in [0, 0.05) is 31.7 Å². The molecule has 1 aliphatic heterocycles. The van der Waals surface area contributed by atoms with Crippen molar-refractivity contribution in [2.75, 3.05) is 19.0 Å². The van der Waals surface area contributed by atoms with Crippen molar-refractivity contribution in [3.63, 3.8) is 0 Å². The highest BCUT2D eigenvalue weighted by Crippen LogP contribution is 2.30. The second-order valence-electron chi connectivity index (χ2n) is 6.52. The summed E-state index contributed by atoms with van der Waals surface area (Å²) in [7, 11) is 0. The van der Waals surface area contributed by atoms with Crippen LogP contribution in [0.4, 0.5) is 0 Å². The van der Waals surface area contributed by atoms with Crippen molar-refractivity contribution >= 4 is 17.5 Å². The van der Waals surface area contributed by atoms with Gasteiger partial charge in [0.2, 0.25) is 5.91 Å². The molecule has 0 aromatic heterocycles. The van der Waals surface area contributed by atoms with Crippen LogP contribution in [0.3, 0.4) is 0 Å². The lowest BCUT2D eigenvalue weighted by Gasteiger charge is -2.38. The molecule has 4 heteroatoms. The summed E-state index contributed by atoms with van der Waals surface area (Å²) in [6.45, 7) is 2.85. The van der Waals surface area contributed by atoms with Crippen LogP contribution in [0.1, 0.15) is 37.7 Å². The van der Waals surface area contributed by atoms with Crippen molar-refractivity contribution in [3.05, 3.63) is 35.9 Å². The molecule has 3 rings (SSSR count). The summed E-state index contributed by atoms with van der Waals surface area (Å²) in [6, 6.07) is 11.7. The van der Waals surface area contributed by atoms with Gasteiger partial charge in [0.05, 0.1) is 0 Å². The van der Waals surface area contributed by atoms with E-state index < -0.39 is 0 Å². The highest BCUT2D eigenvalue weighted by molar-refractivity contribution is 6.27. The van der Waals surface area contributed by atoms with E-state index in [2.05, 4.69) is 35.2 Å². The molecule has 22 heavy (non-hydrogen) atoms. The molecule has 1 amide bonds. The van der Waals surface area contributed by atoms with Crippen LogP contribution >= 0.6 is 11.6 Å². The molecular weight excluding hydrogens is 296 g/mol.